The molecule has 1 aliphatic rings. The zero-order valence-electron chi connectivity index (χ0n) is 13.2. The molecule has 3 heterocycles. The van der Waals surface area contributed by atoms with Crippen molar-refractivity contribution >= 4 is 16.8 Å². The van der Waals surface area contributed by atoms with Crippen LogP contribution in [-0.2, 0) is 4.74 Å². The Hall–Kier alpha value is -2.67. The highest BCUT2D eigenvalue weighted by Gasteiger charge is 2.28. The average molecular weight is 328 g/mol. The van der Waals surface area contributed by atoms with Crippen LogP contribution in [0.5, 0.6) is 0 Å². The van der Waals surface area contributed by atoms with E-state index in [1.165, 1.54) is 6.07 Å². The van der Waals surface area contributed by atoms with Gasteiger partial charge in [0.05, 0.1) is 18.7 Å². The number of ether oxygens (including phenoxy) is 1. The first-order valence-corrected chi connectivity index (χ1v) is 7.81. The number of halogens is 1. The maximum absolute atomic E-state index is 13.8. The van der Waals surface area contributed by atoms with E-state index in [1.54, 1.807) is 29.3 Å². The van der Waals surface area contributed by atoms with Crippen LogP contribution in [-0.4, -0.2) is 45.5 Å². The molecule has 4 rings (SSSR count). The van der Waals surface area contributed by atoms with Gasteiger partial charge in [-0.25, -0.2) is 9.37 Å². The summed E-state index contributed by atoms with van der Waals surface area (Å²) < 4.78 is 19.5. The van der Waals surface area contributed by atoms with E-state index in [4.69, 9.17) is 4.74 Å². The van der Waals surface area contributed by atoms with Crippen molar-refractivity contribution in [3.05, 3.63) is 53.5 Å². The fourth-order valence-corrected chi connectivity index (χ4v) is 3.00. The molecule has 1 aliphatic heterocycles. The Morgan fingerprint density at radius 2 is 2.29 bits per heavy atom. The number of aryl methyl sites for hydroxylation is 1. The van der Waals surface area contributed by atoms with Crippen LogP contribution in [0.15, 0.2) is 30.5 Å². The van der Waals surface area contributed by atoms with Crippen LogP contribution in [0.4, 0.5) is 4.39 Å². The molecule has 0 bridgehead atoms. The second-order valence-electron chi connectivity index (χ2n) is 5.95. The van der Waals surface area contributed by atoms with Gasteiger partial charge in [0.25, 0.3) is 5.91 Å². The molecule has 1 aromatic carbocycles. The van der Waals surface area contributed by atoms with Crippen LogP contribution in [0.25, 0.3) is 10.9 Å². The molecule has 1 unspecified atom stereocenters. The summed E-state index contributed by atoms with van der Waals surface area (Å²) in [7, 11) is 0. The summed E-state index contributed by atoms with van der Waals surface area (Å²) in [5.41, 5.74) is 1.68. The van der Waals surface area contributed by atoms with Gasteiger partial charge in [0, 0.05) is 23.8 Å². The highest BCUT2D eigenvalue weighted by atomic mass is 19.1. The van der Waals surface area contributed by atoms with E-state index >= 15 is 0 Å². The van der Waals surface area contributed by atoms with Crippen molar-refractivity contribution in [3.63, 3.8) is 0 Å². The SMILES string of the molecule is Cc1cnc(C2CN(C(=O)c3cc4cccc(F)c4[nH]3)CCO2)[nH]1. The number of fused-ring (bicyclic) bond motifs is 1. The first kappa shape index (κ1) is 14.9. The first-order chi connectivity index (χ1) is 11.6. The number of hydrogen-bond donors (Lipinski definition) is 2. The van der Waals surface area contributed by atoms with Gasteiger partial charge in [-0.2, -0.15) is 0 Å². The Kier molecular flexibility index (Phi) is 3.57. The van der Waals surface area contributed by atoms with E-state index in [0.29, 0.717) is 42.1 Å². The zero-order chi connectivity index (χ0) is 16.7. The van der Waals surface area contributed by atoms with Crippen LogP contribution in [0, 0.1) is 12.7 Å². The Labute approximate surface area is 137 Å². The van der Waals surface area contributed by atoms with Crippen LogP contribution >= 0.6 is 0 Å². The van der Waals surface area contributed by atoms with Crippen molar-refractivity contribution in [1.29, 1.82) is 0 Å². The fourth-order valence-electron chi connectivity index (χ4n) is 3.00. The minimum atomic E-state index is -0.363. The van der Waals surface area contributed by atoms with Crippen molar-refractivity contribution in [2.45, 2.75) is 13.0 Å². The van der Waals surface area contributed by atoms with Crippen molar-refractivity contribution < 1.29 is 13.9 Å². The Balaban J connectivity index is 1.57. The van der Waals surface area contributed by atoms with Crippen molar-refractivity contribution in [2.24, 2.45) is 0 Å². The number of rotatable bonds is 2. The Morgan fingerprint density at radius 3 is 3.04 bits per heavy atom. The Morgan fingerprint density at radius 1 is 1.42 bits per heavy atom. The smallest absolute Gasteiger partial charge is 0.270 e. The third-order valence-electron chi connectivity index (χ3n) is 4.22. The second kappa shape index (κ2) is 5.76. The third-order valence-corrected chi connectivity index (χ3v) is 4.22. The summed E-state index contributed by atoms with van der Waals surface area (Å²) in [5.74, 6) is 0.187. The lowest BCUT2D eigenvalue weighted by Gasteiger charge is -2.31. The molecule has 1 saturated heterocycles. The van der Waals surface area contributed by atoms with Gasteiger partial charge in [0.1, 0.15) is 23.4 Å². The molecule has 1 fully saturated rings. The highest BCUT2D eigenvalue weighted by Crippen LogP contribution is 2.23. The molecule has 0 spiro atoms. The number of nitrogens with one attached hydrogen (secondary N) is 2. The van der Waals surface area contributed by atoms with Crippen LogP contribution in [0.1, 0.15) is 28.1 Å². The minimum absolute atomic E-state index is 0.165. The number of aromatic nitrogens is 3. The summed E-state index contributed by atoms with van der Waals surface area (Å²) in [6.45, 7) is 3.25. The molecule has 2 N–H and O–H groups in total. The Bertz CT molecular complexity index is 901. The molecule has 0 radical (unpaired) electrons. The monoisotopic (exact) mass is 328 g/mol. The molecule has 3 aromatic rings. The summed E-state index contributed by atoms with van der Waals surface area (Å²) in [6, 6.07) is 6.46. The number of carbonyl (C=O) groups excluding carboxylic acids is 1. The molecular formula is C17H17FN4O2. The standard InChI is InChI=1S/C17H17FN4O2/c1-10-8-19-16(20-10)14-9-22(5-6-24-14)17(23)13-7-11-3-2-4-12(18)15(11)21-13/h2-4,7-8,14,21H,5-6,9H2,1H3,(H,19,20). The number of aromatic amines is 2. The predicted octanol–water partition coefficient (Wildman–Crippen LogP) is 2.55. The van der Waals surface area contributed by atoms with Gasteiger partial charge in [-0.15, -0.1) is 0 Å². The van der Waals surface area contributed by atoms with E-state index in [2.05, 4.69) is 15.0 Å². The van der Waals surface area contributed by atoms with Crippen molar-refractivity contribution in [1.82, 2.24) is 19.9 Å². The molecule has 124 valence electrons. The van der Waals surface area contributed by atoms with E-state index in [1.807, 2.05) is 6.92 Å². The molecule has 6 nitrogen and oxygen atoms in total. The maximum Gasteiger partial charge on any atom is 0.270 e. The fraction of sp³-hybridized carbons (Fsp3) is 0.294. The quantitative estimate of drug-likeness (QED) is 0.759. The lowest BCUT2D eigenvalue weighted by atomic mass is 10.2. The van der Waals surface area contributed by atoms with Crippen LogP contribution < -0.4 is 0 Å². The molecule has 2 aromatic heterocycles. The molecular weight excluding hydrogens is 311 g/mol. The van der Waals surface area contributed by atoms with Gasteiger partial charge in [-0.3, -0.25) is 4.79 Å². The minimum Gasteiger partial charge on any atom is -0.367 e. The number of amides is 1. The van der Waals surface area contributed by atoms with Crippen molar-refractivity contribution in [3.8, 4) is 0 Å². The van der Waals surface area contributed by atoms with Crippen LogP contribution in [0.2, 0.25) is 0 Å². The zero-order valence-corrected chi connectivity index (χ0v) is 13.2. The number of nitrogens with zero attached hydrogens (tertiary/aromatic N) is 2. The molecule has 1 amide bonds. The first-order valence-electron chi connectivity index (χ1n) is 7.81. The summed E-state index contributed by atoms with van der Waals surface area (Å²) in [5, 5.41) is 0.685. The van der Waals surface area contributed by atoms with Gasteiger partial charge in [0.15, 0.2) is 0 Å². The molecule has 24 heavy (non-hydrogen) atoms. The number of benzene rings is 1. The van der Waals surface area contributed by atoms with E-state index in [-0.39, 0.29) is 17.8 Å². The number of carbonyl (C=O) groups is 1. The number of para-hydroxylation sites is 1. The summed E-state index contributed by atoms with van der Waals surface area (Å²) in [4.78, 5) is 24.8. The number of H-pyrrole nitrogens is 2. The lowest BCUT2D eigenvalue weighted by molar-refractivity contribution is -0.0266. The normalized spacial score (nSPS) is 18.2. The second-order valence-corrected chi connectivity index (χ2v) is 5.95. The van der Waals surface area contributed by atoms with Gasteiger partial charge in [-0.05, 0) is 19.1 Å². The number of morpholine rings is 1. The lowest BCUT2D eigenvalue weighted by Crippen LogP contribution is -2.42. The topological polar surface area (TPSA) is 74.0 Å². The number of hydrogen-bond acceptors (Lipinski definition) is 3. The van der Waals surface area contributed by atoms with Gasteiger partial charge in [0.2, 0.25) is 0 Å². The summed E-state index contributed by atoms with van der Waals surface area (Å²) >= 11 is 0. The third kappa shape index (κ3) is 2.56. The molecule has 1 atom stereocenters. The van der Waals surface area contributed by atoms with E-state index in [0.717, 1.165) is 5.69 Å². The van der Waals surface area contributed by atoms with E-state index < -0.39 is 0 Å². The average Bonchev–Trinajstić information content (AvgIpc) is 3.21. The molecule has 0 aliphatic carbocycles. The molecule has 7 heteroatoms. The van der Waals surface area contributed by atoms with Crippen molar-refractivity contribution in [2.75, 3.05) is 19.7 Å². The maximum atomic E-state index is 13.8. The number of imidazole rings is 1. The van der Waals surface area contributed by atoms with Crippen LogP contribution in [0.3, 0.4) is 0 Å². The van der Waals surface area contributed by atoms with Gasteiger partial charge < -0.3 is 19.6 Å². The molecule has 0 saturated carbocycles. The van der Waals surface area contributed by atoms with E-state index in [9.17, 15) is 9.18 Å². The van der Waals surface area contributed by atoms with Gasteiger partial charge >= 0.3 is 0 Å². The summed E-state index contributed by atoms with van der Waals surface area (Å²) in [6.07, 6.45) is 1.46. The predicted molar refractivity (Wildman–Crippen MR) is 86.2 cm³/mol. The highest BCUT2D eigenvalue weighted by molar-refractivity contribution is 5.98. The largest absolute Gasteiger partial charge is 0.367 e. The van der Waals surface area contributed by atoms with Gasteiger partial charge in [-0.1, -0.05) is 12.1 Å².